The number of ether oxygens (including phenoxy) is 4. The second kappa shape index (κ2) is 10.4. The van der Waals surface area contributed by atoms with E-state index in [0.29, 0.717) is 6.29 Å². The minimum atomic E-state index is -0.683. The molecule has 29 heavy (non-hydrogen) atoms. The summed E-state index contributed by atoms with van der Waals surface area (Å²) in [6.45, 7) is -0.915. The van der Waals surface area contributed by atoms with Crippen LogP contribution in [0.1, 0.15) is 21.5 Å². The molecule has 0 aliphatic rings. The van der Waals surface area contributed by atoms with Crippen molar-refractivity contribution in [3.05, 3.63) is 57.9 Å². The summed E-state index contributed by atoms with van der Waals surface area (Å²) in [5.41, 5.74) is 0.458. The Morgan fingerprint density at radius 2 is 1.66 bits per heavy atom. The van der Waals surface area contributed by atoms with Crippen LogP contribution < -0.4 is 9.47 Å². The summed E-state index contributed by atoms with van der Waals surface area (Å²) in [6, 6.07) is 7.01. The maximum atomic E-state index is 14.3. The Morgan fingerprint density at radius 3 is 2.24 bits per heavy atom. The lowest BCUT2D eigenvalue weighted by molar-refractivity contribution is -0.143. The Labute approximate surface area is 171 Å². The molecule has 2 aromatic carbocycles. The first kappa shape index (κ1) is 22.2. The van der Waals surface area contributed by atoms with Gasteiger partial charge in [0.1, 0.15) is 17.3 Å². The fourth-order valence-electron chi connectivity index (χ4n) is 2.46. The summed E-state index contributed by atoms with van der Waals surface area (Å²) in [5, 5.41) is 0.152. The summed E-state index contributed by atoms with van der Waals surface area (Å²) in [4.78, 5) is 34.4. The van der Waals surface area contributed by atoms with E-state index in [1.54, 1.807) is 0 Å². The Kier molecular flexibility index (Phi) is 7.97. The lowest BCUT2D eigenvalue weighted by Crippen LogP contribution is -2.17. The van der Waals surface area contributed by atoms with Gasteiger partial charge in [0, 0.05) is 22.6 Å². The topological polar surface area (TPSA) is 88.1 Å². The van der Waals surface area contributed by atoms with Crippen molar-refractivity contribution in [2.45, 2.75) is 6.42 Å². The highest BCUT2D eigenvalue weighted by Gasteiger charge is 2.21. The van der Waals surface area contributed by atoms with Crippen LogP contribution in [0, 0.1) is 5.82 Å². The van der Waals surface area contributed by atoms with Gasteiger partial charge < -0.3 is 18.9 Å². The van der Waals surface area contributed by atoms with Gasteiger partial charge in [0.2, 0.25) is 0 Å². The Morgan fingerprint density at radius 1 is 1.00 bits per heavy atom. The van der Waals surface area contributed by atoms with Crippen LogP contribution in [0.4, 0.5) is 4.39 Å². The first-order valence-electron chi connectivity index (χ1n) is 8.34. The van der Waals surface area contributed by atoms with E-state index < -0.39 is 31.0 Å². The summed E-state index contributed by atoms with van der Waals surface area (Å²) in [7, 11) is 2.38. The third kappa shape index (κ3) is 5.68. The number of methoxy groups -OCH3 is 2. The van der Waals surface area contributed by atoms with Crippen LogP contribution in [0.5, 0.6) is 11.5 Å². The second-order valence-electron chi connectivity index (χ2n) is 5.69. The molecule has 0 aliphatic carbocycles. The van der Waals surface area contributed by atoms with E-state index in [1.165, 1.54) is 44.6 Å². The maximum Gasteiger partial charge on any atom is 0.343 e. The van der Waals surface area contributed by atoms with Crippen LogP contribution in [0.25, 0.3) is 0 Å². The first-order chi connectivity index (χ1) is 13.9. The van der Waals surface area contributed by atoms with Gasteiger partial charge in [0.15, 0.2) is 19.5 Å². The van der Waals surface area contributed by atoms with Crippen LogP contribution in [0.15, 0.2) is 30.3 Å². The van der Waals surface area contributed by atoms with Crippen LogP contribution in [0.2, 0.25) is 5.02 Å². The zero-order chi connectivity index (χ0) is 21.4. The van der Waals surface area contributed by atoms with Crippen molar-refractivity contribution >= 4 is 29.8 Å². The van der Waals surface area contributed by atoms with E-state index in [-0.39, 0.29) is 39.6 Å². The van der Waals surface area contributed by atoms with Gasteiger partial charge in [-0.05, 0) is 24.3 Å². The lowest BCUT2D eigenvalue weighted by Gasteiger charge is -2.18. The number of carbonyl (C=O) groups is 3. The molecule has 2 rings (SSSR count). The predicted molar refractivity (Wildman–Crippen MR) is 101 cm³/mol. The highest BCUT2D eigenvalue weighted by Crippen LogP contribution is 2.36. The van der Waals surface area contributed by atoms with Gasteiger partial charge in [0.05, 0.1) is 19.8 Å². The molecular formula is C20H18ClFO7. The molecule has 0 heterocycles. The van der Waals surface area contributed by atoms with Crippen molar-refractivity contribution in [1.82, 2.24) is 0 Å². The van der Waals surface area contributed by atoms with Gasteiger partial charge in [-0.15, -0.1) is 0 Å². The van der Waals surface area contributed by atoms with E-state index >= 15 is 0 Å². The zero-order valence-electron chi connectivity index (χ0n) is 15.7. The van der Waals surface area contributed by atoms with Crippen molar-refractivity contribution in [2.75, 3.05) is 27.4 Å². The maximum absolute atomic E-state index is 14.3. The van der Waals surface area contributed by atoms with Gasteiger partial charge in [-0.1, -0.05) is 17.7 Å². The van der Waals surface area contributed by atoms with E-state index in [0.717, 1.165) is 0 Å². The molecule has 0 aromatic heterocycles. The summed E-state index contributed by atoms with van der Waals surface area (Å²) >= 11 is 6.12. The SMILES string of the molecule is COC(=O)COc1ccc(C=O)c(OCC(=O)OC)c1Cc1c(F)cccc1Cl. The lowest BCUT2D eigenvalue weighted by atomic mass is 9.99. The third-order valence-corrected chi connectivity index (χ3v) is 4.28. The van der Waals surface area contributed by atoms with Crippen molar-refractivity contribution < 1.29 is 37.7 Å². The van der Waals surface area contributed by atoms with Crippen LogP contribution in [-0.2, 0) is 25.5 Å². The molecule has 9 heteroatoms. The predicted octanol–water partition coefficient (Wildman–Crippen LogP) is 2.99. The minimum Gasteiger partial charge on any atom is -0.481 e. The number of halogens is 2. The Hall–Kier alpha value is -3.13. The minimum absolute atomic E-state index is 0.00733. The monoisotopic (exact) mass is 424 g/mol. The molecule has 0 unspecified atom stereocenters. The molecule has 0 N–H and O–H groups in total. The molecule has 7 nitrogen and oxygen atoms in total. The fourth-order valence-corrected chi connectivity index (χ4v) is 2.69. The molecule has 0 saturated carbocycles. The highest BCUT2D eigenvalue weighted by molar-refractivity contribution is 6.31. The van der Waals surface area contributed by atoms with E-state index in [1.807, 2.05) is 0 Å². The molecule has 154 valence electrons. The molecule has 0 fully saturated rings. The molecule has 0 atom stereocenters. The Bertz CT molecular complexity index is 894. The van der Waals surface area contributed by atoms with Crippen molar-refractivity contribution in [1.29, 1.82) is 0 Å². The van der Waals surface area contributed by atoms with E-state index in [4.69, 9.17) is 21.1 Å². The van der Waals surface area contributed by atoms with Gasteiger partial charge >= 0.3 is 11.9 Å². The standard InChI is InChI=1S/C20H18ClFO7/c1-26-18(24)10-28-17-7-6-12(9-23)20(29-11-19(25)27-2)14(17)8-13-15(21)4-3-5-16(13)22/h3-7,9H,8,10-11H2,1-2H3. The van der Waals surface area contributed by atoms with Gasteiger partial charge in [-0.25, -0.2) is 14.0 Å². The van der Waals surface area contributed by atoms with Crippen LogP contribution in [0.3, 0.4) is 0 Å². The molecule has 0 spiro atoms. The van der Waals surface area contributed by atoms with E-state index in [9.17, 15) is 18.8 Å². The number of benzene rings is 2. The van der Waals surface area contributed by atoms with Crippen LogP contribution >= 0.6 is 11.6 Å². The number of aldehydes is 1. The molecular weight excluding hydrogens is 407 g/mol. The summed E-state index contributed by atoms with van der Waals surface area (Å²) in [5.74, 6) is -1.77. The number of esters is 2. The molecule has 0 bridgehead atoms. The van der Waals surface area contributed by atoms with Gasteiger partial charge in [-0.2, -0.15) is 0 Å². The summed E-state index contributed by atoms with van der Waals surface area (Å²) in [6.07, 6.45) is 0.392. The highest BCUT2D eigenvalue weighted by atomic mass is 35.5. The average molecular weight is 425 g/mol. The molecule has 0 aliphatic heterocycles. The third-order valence-electron chi connectivity index (χ3n) is 3.93. The number of hydrogen-bond donors (Lipinski definition) is 0. The first-order valence-corrected chi connectivity index (χ1v) is 8.72. The smallest absolute Gasteiger partial charge is 0.343 e. The van der Waals surface area contributed by atoms with E-state index in [2.05, 4.69) is 9.47 Å². The van der Waals surface area contributed by atoms with Crippen molar-refractivity contribution in [2.24, 2.45) is 0 Å². The van der Waals surface area contributed by atoms with Gasteiger partial charge in [0.25, 0.3) is 0 Å². The van der Waals surface area contributed by atoms with Crippen molar-refractivity contribution in [3.8, 4) is 11.5 Å². The number of carbonyl (C=O) groups excluding carboxylic acids is 3. The molecule has 2 aromatic rings. The summed E-state index contributed by atoms with van der Waals surface area (Å²) < 4.78 is 34.4. The van der Waals surface area contributed by atoms with Crippen molar-refractivity contribution in [3.63, 3.8) is 0 Å². The molecule has 0 saturated heterocycles. The normalized spacial score (nSPS) is 10.2. The number of rotatable bonds is 9. The average Bonchev–Trinajstić information content (AvgIpc) is 2.73. The number of hydrogen-bond acceptors (Lipinski definition) is 7. The molecule has 0 amide bonds. The quantitative estimate of drug-likeness (QED) is 0.451. The largest absolute Gasteiger partial charge is 0.481 e. The zero-order valence-corrected chi connectivity index (χ0v) is 16.5. The molecule has 0 radical (unpaired) electrons. The van der Waals surface area contributed by atoms with Crippen LogP contribution in [-0.4, -0.2) is 45.7 Å². The fraction of sp³-hybridized carbons (Fsp3) is 0.250. The van der Waals surface area contributed by atoms with Gasteiger partial charge in [-0.3, -0.25) is 4.79 Å². The second-order valence-corrected chi connectivity index (χ2v) is 6.09. The Balaban J connectivity index is 2.54.